The molecule has 0 bridgehead atoms. The zero-order chi connectivity index (χ0) is 38.1. The largest absolute Gasteiger partial charge is 0.394 e. The molecule has 0 aliphatic carbocycles. The van der Waals surface area contributed by atoms with Crippen LogP contribution in [0.4, 0.5) is 0 Å². The minimum Gasteiger partial charge on any atom is -0.394 e. The molecule has 0 aromatic carbocycles. The van der Waals surface area contributed by atoms with E-state index >= 15 is 0 Å². The molecular weight excluding hydrogens is 658 g/mol. The van der Waals surface area contributed by atoms with Gasteiger partial charge in [0.15, 0.2) is 6.29 Å². The summed E-state index contributed by atoms with van der Waals surface area (Å²) >= 11 is 0. The maximum absolute atomic E-state index is 12.8. The number of amides is 1. The summed E-state index contributed by atoms with van der Waals surface area (Å²) < 4.78 is 11.2. The molecule has 9 nitrogen and oxygen atoms in total. The smallest absolute Gasteiger partial charge is 0.220 e. The number of carbonyl (C=O) groups is 1. The second-order valence-electron chi connectivity index (χ2n) is 15.9. The Hall–Kier alpha value is -0.810. The number of nitrogens with one attached hydrogen (secondary N) is 1. The Kier molecular flexibility index (Phi) is 32.8. The van der Waals surface area contributed by atoms with Crippen LogP contribution in [0.25, 0.3) is 0 Å². The summed E-state index contributed by atoms with van der Waals surface area (Å²) in [6, 6.07) is -0.708. The van der Waals surface area contributed by atoms with Crippen LogP contribution < -0.4 is 5.32 Å². The van der Waals surface area contributed by atoms with Crippen LogP contribution >= 0.6 is 0 Å². The fraction of sp³-hybridized carbons (Fsp3) is 0.977. The molecule has 7 atom stereocenters. The van der Waals surface area contributed by atoms with Gasteiger partial charge in [-0.2, -0.15) is 0 Å². The van der Waals surface area contributed by atoms with Crippen molar-refractivity contribution in [1.82, 2.24) is 5.32 Å². The number of rotatable bonds is 37. The first-order valence-electron chi connectivity index (χ1n) is 22.2. The molecule has 1 fully saturated rings. The highest BCUT2D eigenvalue weighted by atomic mass is 16.7. The van der Waals surface area contributed by atoms with Crippen LogP contribution in [-0.2, 0) is 14.3 Å². The van der Waals surface area contributed by atoms with Crippen molar-refractivity contribution in [1.29, 1.82) is 0 Å². The molecule has 7 unspecified atom stereocenters. The van der Waals surface area contributed by atoms with E-state index in [0.717, 1.165) is 51.4 Å². The molecule has 9 heteroatoms. The van der Waals surface area contributed by atoms with E-state index in [1.165, 1.54) is 135 Å². The van der Waals surface area contributed by atoms with E-state index < -0.39 is 49.5 Å². The van der Waals surface area contributed by atoms with Gasteiger partial charge < -0.3 is 40.3 Å². The Morgan fingerprint density at radius 1 is 0.577 bits per heavy atom. The molecule has 1 amide bonds. The van der Waals surface area contributed by atoms with Gasteiger partial charge >= 0.3 is 0 Å². The van der Waals surface area contributed by atoms with Gasteiger partial charge in [-0.25, -0.2) is 0 Å². The zero-order valence-electron chi connectivity index (χ0n) is 33.8. The van der Waals surface area contributed by atoms with Crippen molar-refractivity contribution < 1.29 is 39.8 Å². The van der Waals surface area contributed by atoms with Crippen molar-refractivity contribution in [2.75, 3.05) is 13.2 Å². The van der Waals surface area contributed by atoms with Gasteiger partial charge in [0, 0.05) is 6.42 Å². The Morgan fingerprint density at radius 2 is 0.962 bits per heavy atom. The van der Waals surface area contributed by atoms with E-state index in [1.807, 2.05) is 0 Å². The molecule has 1 saturated heterocycles. The summed E-state index contributed by atoms with van der Waals surface area (Å²) in [6.07, 6.45) is 30.3. The Bertz CT molecular complexity index is 786. The van der Waals surface area contributed by atoms with E-state index in [-0.39, 0.29) is 12.5 Å². The minimum atomic E-state index is -1.55. The molecule has 0 aromatic heterocycles. The van der Waals surface area contributed by atoms with Gasteiger partial charge in [0.05, 0.1) is 25.4 Å². The fourth-order valence-electron chi connectivity index (χ4n) is 7.34. The average Bonchev–Trinajstić information content (AvgIpc) is 3.14. The summed E-state index contributed by atoms with van der Waals surface area (Å²) in [4.78, 5) is 12.8. The highest BCUT2D eigenvalue weighted by Crippen LogP contribution is 2.23. The van der Waals surface area contributed by atoms with Crippen molar-refractivity contribution in [2.45, 2.75) is 256 Å². The molecule has 0 radical (unpaired) electrons. The van der Waals surface area contributed by atoms with Gasteiger partial charge in [-0.1, -0.05) is 194 Å². The van der Waals surface area contributed by atoms with E-state index in [1.54, 1.807) is 0 Å². The molecule has 1 rings (SSSR count). The molecule has 1 aliphatic rings. The lowest BCUT2D eigenvalue weighted by Gasteiger charge is -2.40. The van der Waals surface area contributed by atoms with Crippen LogP contribution in [0.1, 0.15) is 213 Å². The number of hydrogen-bond donors (Lipinski definition) is 6. The zero-order valence-corrected chi connectivity index (χ0v) is 33.8. The highest BCUT2D eigenvalue weighted by Gasteiger charge is 2.44. The van der Waals surface area contributed by atoms with Gasteiger partial charge in [0.25, 0.3) is 0 Å². The average molecular weight is 744 g/mol. The Morgan fingerprint density at radius 3 is 1.37 bits per heavy atom. The van der Waals surface area contributed by atoms with Gasteiger partial charge in [-0.05, 0) is 12.8 Å². The molecular formula is C43H85NO8. The van der Waals surface area contributed by atoms with Crippen LogP contribution in [0.15, 0.2) is 0 Å². The van der Waals surface area contributed by atoms with Crippen molar-refractivity contribution in [3.63, 3.8) is 0 Å². The minimum absolute atomic E-state index is 0.135. The van der Waals surface area contributed by atoms with E-state index in [4.69, 9.17) is 9.47 Å². The third kappa shape index (κ3) is 25.3. The van der Waals surface area contributed by atoms with E-state index in [0.29, 0.717) is 12.8 Å². The monoisotopic (exact) mass is 744 g/mol. The summed E-state index contributed by atoms with van der Waals surface area (Å²) in [5, 5.41) is 53.8. The Balaban J connectivity index is 2.11. The fourth-order valence-corrected chi connectivity index (χ4v) is 7.34. The molecule has 0 saturated carbocycles. The lowest BCUT2D eigenvalue weighted by molar-refractivity contribution is -0.302. The maximum atomic E-state index is 12.8. The molecule has 1 heterocycles. The van der Waals surface area contributed by atoms with Crippen LogP contribution in [0.2, 0.25) is 0 Å². The van der Waals surface area contributed by atoms with Crippen LogP contribution in [0.3, 0.4) is 0 Å². The standard InChI is InChI=1S/C43H85NO8/c1-3-5-7-9-10-11-12-13-14-15-16-17-18-19-20-21-22-23-24-25-26-27-29-31-33-39(47)44-36(37(46)32-30-28-8-6-4-2)35-51-43-42(50)41(49)40(48)38(34-45)52-43/h36-38,40-43,45-46,48-50H,3-35H2,1-2H3,(H,44,47). The first kappa shape index (κ1) is 49.2. The molecule has 0 aromatic rings. The number of ether oxygens (including phenoxy) is 2. The van der Waals surface area contributed by atoms with Gasteiger partial charge in [0.2, 0.25) is 5.91 Å². The Labute approximate surface area is 319 Å². The molecule has 6 N–H and O–H groups in total. The van der Waals surface area contributed by atoms with E-state index in [2.05, 4.69) is 19.2 Å². The third-order valence-corrected chi connectivity index (χ3v) is 11.0. The predicted molar refractivity (Wildman–Crippen MR) is 212 cm³/mol. The number of carbonyl (C=O) groups excluding carboxylic acids is 1. The number of aliphatic hydroxyl groups is 5. The highest BCUT2D eigenvalue weighted by molar-refractivity contribution is 5.76. The first-order chi connectivity index (χ1) is 25.3. The van der Waals surface area contributed by atoms with Crippen LogP contribution in [-0.4, -0.2) is 87.5 Å². The molecule has 310 valence electrons. The SMILES string of the molecule is CCCCCCCCCCCCCCCCCCCCCCCCCCC(=O)NC(COC1OC(CO)C(O)C(O)C1O)C(O)CCCCCCC. The quantitative estimate of drug-likeness (QED) is 0.0346. The first-order valence-corrected chi connectivity index (χ1v) is 22.2. The lowest BCUT2D eigenvalue weighted by Crippen LogP contribution is -2.60. The van der Waals surface area contributed by atoms with Crippen molar-refractivity contribution in [3.8, 4) is 0 Å². The number of hydrogen-bond acceptors (Lipinski definition) is 8. The van der Waals surface area contributed by atoms with Gasteiger partial charge in [-0.15, -0.1) is 0 Å². The second kappa shape index (κ2) is 34.7. The van der Waals surface area contributed by atoms with Crippen molar-refractivity contribution in [2.24, 2.45) is 0 Å². The second-order valence-corrected chi connectivity index (χ2v) is 15.9. The predicted octanol–water partition coefficient (Wildman–Crippen LogP) is 8.78. The molecule has 0 spiro atoms. The van der Waals surface area contributed by atoms with Crippen molar-refractivity contribution in [3.05, 3.63) is 0 Å². The van der Waals surface area contributed by atoms with Crippen molar-refractivity contribution >= 4 is 5.91 Å². The van der Waals surface area contributed by atoms with Gasteiger partial charge in [0.1, 0.15) is 24.4 Å². The summed E-state index contributed by atoms with van der Waals surface area (Å²) in [5.41, 5.74) is 0. The molecule has 52 heavy (non-hydrogen) atoms. The maximum Gasteiger partial charge on any atom is 0.220 e. The summed E-state index contributed by atoms with van der Waals surface area (Å²) in [6.45, 7) is 3.75. The number of aliphatic hydroxyl groups excluding tert-OH is 5. The third-order valence-electron chi connectivity index (χ3n) is 11.0. The van der Waals surface area contributed by atoms with Crippen LogP contribution in [0.5, 0.6) is 0 Å². The summed E-state index contributed by atoms with van der Waals surface area (Å²) in [7, 11) is 0. The normalized spacial score (nSPS) is 21.7. The topological polar surface area (TPSA) is 149 Å². The molecule has 1 aliphatic heterocycles. The van der Waals surface area contributed by atoms with Gasteiger partial charge in [-0.3, -0.25) is 4.79 Å². The number of unbranched alkanes of at least 4 members (excludes halogenated alkanes) is 27. The lowest BCUT2D eigenvalue weighted by atomic mass is 9.99. The van der Waals surface area contributed by atoms with E-state index in [9.17, 15) is 30.3 Å². The van der Waals surface area contributed by atoms with Crippen LogP contribution in [0, 0.1) is 0 Å². The summed E-state index contributed by atoms with van der Waals surface area (Å²) in [5.74, 6) is -0.147.